The van der Waals surface area contributed by atoms with E-state index in [9.17, 15) is 4.79 Å². The van der Waals surface area contributed by atoms with Crippen molar-refractivity contribution in [1.29, 1.82) is 0 Å². The number of piperidine rings is 1. The van der Waals surface area contributed by atoms with Crippen LogP contribution in [-0.4, -0.2) is 76.7 Å². The van der Waals surface area contributed by atoms with Gasteiger partial charge in [-0.15, -0.1) is 0 Å². The molecule has 2 aliphatic rings. The average molecular weight is 415 g/mol. The minimum Gasteiger partial charge on any atom is -0.496 e. The Bertz CT molecular complexity index is 819. The molecule has 0 bridgehead atoms. The molecule has 29 heavy (non-hydrogen) atoms. The van der Waals surface area contributed by atoms with E-state index in [0.717, 1.165) is 61.1 Å². The molecule has 1 atom stereocenters. The lowest BCUT2D eigenvalue weighted by atomic mass is 10.1. The van der Waals surface area contributed by atoms with Crippen LogP contribution in [0.15, 0.2) is 30.3 Å². The SMILES string of the molecule is COc1ccccc1-c1cc(C(=O)N2CCCSCC2CN2CCCCC2)[nH]n1. The second-order valence-electron chi connectivity index (χ2n) is 7.81. The average Bonchev–Trinajstić information content (AvgIpc) is 3.15. The summed E-state index contributed by atoms with van der Waals surface area (Å²) in [4.78, 5) is 18.0. The summed E-state index contributed by atoms with van der Waals surface area (Å²) in [5.41, 5.74) is 2.19. The smallest absolute Gasteiger partial charge is 0.272 e. The summed E-state index contributed by atoms with van der Waals surface area (Å²) in [5.74, 6) is 2.95. The summed E-state index contributed by atoms with van der Waals surface area (Å²) >= 11 is 1.97. The molecule has 1 N–H and O–H groups in total. The van der Waals surface area contributed by atoms with Gasteiger partial charge in [0.15, 0.2) is 0 Å². The molecule has 1 aromatic carbocycles. The first kappa shape index (κ1) is 20.3. The number of hydrogen-bond acceptors (Lipinski definition) is 5. The molecule has 2 aromatic rings. The third-order valence-electron chi connectivity index (χ3n) is 5.81. The molecule has 0 saturated carbocycles. The molecule has 2 saturated heterocycles. The lowest BCUT2D eigenvalue weighted by molar-refractivity contribution is 0.0639. The van der Waals surface area contributed by atoms with Crippen LogP contribution in [0.1, 0.15) is 36.2 Å². The molecule has 6 nitrogen and oxygen atoms in total. The predicted octanol–water partition coefficient (Wildman–Crippen LogP) is 3.52. The molecular weight excluding hydrogens is 384 g/mol. The number of benzene rings is 1. The zero-order chi connectivity index (χ0) is 20.1. The lowest BCUT2D eigenvalue weighted by Crippen LogP contribution is -2.49. The number of amides is 1. The number of carbonyl (C=O) groups is 1. The molecule has 0 radical (unpaired) electrons. The maximum Gasteiger partial charge on any atom is 0.272 e. The van der Waals surface area contributed by atoms with Gasteiger partial charge in [0.05, 0.1) is 18.8 Å². The fourth-order valence-corrected chi connectivity index (χ4v) is 5.33. The van der Waals surface area contributed by atoms with E-state index >= 15 is 0 Å². The third-order valence-corrected chi connectivity index (χ3v) is 7.01. The van der Waals surface area contributed by atoms with Crippen molar-refractivity contribution in [3.63, 3.8) is 0 Å². The first-order valence-corrected chi connectivity index (χ1v) is 11.7. The molecule has 1 amide bonds. The quantitative estimate of drug-likeness (QED) is 0.811. The second kappa shape index (κ2) is 9.67. The number of methoxy groups -OCH3 is 1. The van der Waals surface area contributed by atoms with E-state index in [-0.39, 0.29) is 11.9 Å². The Morgan fingerprint density at radius 2 is 2.03 bits per heavy atom. The van der Waals surface area contributed by atoms with Gasteiger partial charge in [0.25, 0.3) is 5.91 Å². The number of rotatable bonds is 5. The summed E-state index contributed by atoms with van der Waals surface area (Å²) in [6.07, 6.45) is 4.92. The molecule has 4 rings (SSSR count). The van der Waals surface area contributed by atoms with Gasteiger partial charge in [0, 0.05) is 24.4 Å². The number of likely N-dealkylation sites (tertiary alicyclic amines) is 1. The highest BCUT2D eigenvalue weighted by atomic mass is 32.2. The van der Waals surface area contributed by atoms with Crippen LogP contribution in [0.2, 0.25) is 0 Å². The zero-order valence-corrected chi connectivity index (χ0v) is 17.9. The number of thioether (sulfide) groups is 1. The van der Waals surface area contributed by atoms with Crippen LogP contribution in [0.4, 0.5) is 0 Å². The Morgan fingerprint density at radius 1 is 1.21 bits per heavy atom. The number of nitrogens with zero attached hydrogens (tertiary/aromatic N) is 3. The van der Waals surface area contributed by atoms with E-state index < -0.39 is 0 Å². The third kappa shape index (κ3) is 4.78. The molecule has 1 unspecified atom stereocenters. The van der Waals surface area contributed by atoms with E-state index in [1.54, 1.807) is 7.11 Å². The van der Waals surface area contributed by atoms with E-state index in [2.05, 4.69) is 20.0 Å². The minimum atomic E-state index is 0.0585. The van der Waals surface area contributed by atoms with Crippen LogP contribution >= 0.6 is 11.8 Å². The maximum absolute atomic E-state index is 13.4. The fraction of sp³-hybridized carbons (Fsp3) is 0.545. The lowest BCUT2D eigenvalue weighted by Gasteiger charge is -2.35. The van der Waals surface area contributed by atoms with E-state index in [1.807, 2.05) is 42.1 Å². The van der Waals surface area contributed by atoms with Crippen LogP contribution in [0.25, 0.3) is 11.3 Å². The number of carbonyl (C=O) groups excluding carboxylic acids is 1. The molecule has 1 aromatic heterocycles. The molecule has 7 heteroatoms. The number of aromatic nitrogens is 2. The predicted molar refractivity (Wildman–Crippen MR) is 118 cm³/mol. The van der Waals surface area contributed by atoms with Gasteiger partial charge in [0.2, 0.25) is 0 Å². The summed E-state index contributed by atoms with van der Waals surface area (Å²) < 4.78 is 5.45. The van der Waals surface area contributed by atoms with E-state index in [1.165, 1.54) is 19.3 Å². The van der Waals surface area contributed by atoms with E-state index in [0.29, 0.717) is 5.69 Å². The van der Waals surface area contributed by atoms with Crippen molar-refractivity contribution in [2.75, 3.05) is 44.8 Å². The molecule has 2 aliphatic heterocycles. The largest absolute Gasteiger partial charge is 0.496 e. The maximum atomic E-state index is 13.4. The van der Waals surface area contributed by atoms with E-state index in [4.69, 9.17) is 4.74 Å². The number of hydrogen-bond donors (Lipinski definition) is 1. The van der Waals surface area contributed by atoms with Crippen LogP contribution in [0, 0.1) is 0 Å². The van der Waals surface area contributed by atoms with Crippen molar-refractivity contribution >= 4 is 17.7 Å². The molecular formula is C22H30N4O2S. The fourth-order valence-electron chi connectivity index (χ4n) is 4.27. The topological polar surface area (TPSA) is 61.5 Å². The van der Waals surface area contributed by atoms with Crippen molar-refractivity contribution in [2.45, 2.75) is 31.7 Å². The normalized spacial score (nSPS) is 21.0. The Morgan fingerprint density at radius 3 is 2.86 bits per heavy atom. The van der Waals surface area contributed by atoms with Gasteiger partial charge in [-0.05, 0) is 56.3 Å². The first-order chi connectivity index (χ1) is 14.3. The summed E-state index contributed by atoms with van der Waals surface area (Å²) in [6.45, 7) is 4.11. The second-order valence-corrected chi connectivity index (χ2v) is 8.96. The standard InChI is InChI=1S/C22H30N4O2S/c1-28-21-9-4-3-8-18(21)19-14-20(24-23-19)22(27)26-12-7-13-29-16-17(26)15-25-10-5-2-6-11-25/h3-4,8-9,14,17H,2,5-7,10-13,15-16H2,1H3,(H,23,24). The van der Waals surface area contributed by atoms with Crippen LogP contribution in [-0.2, 0) is 0 Å². The monoisotopic (exact) mass is 414 g/mol. The van der Waals surface area contributed by atoms with Gasteiger partial charge < -0.3 is 14.5 Å². The van der Waals surface area contributed by atoms with Crippen LogP contribution < -0.4 is 4.74 Å². The molecule has 0 aliphatic carbocycles. The van der Waals surface area contributed by atoms with Crippen LogP contribution in [0.5, 0.6) is 5.75 Å². The Balaban J connectivity index is 1.52. The van der Waals surface area contributed by atoms with Gasteiger partial charge in [-0.3, -0.25) is 9.89 Å². The number of aromatic amines is 1. The van der Waals surface area contributed by atoms with Gasteiger partial charge in [0.1, 0.15) is 11.4 Å². The Hall–Kier alpha value is -1.99. The number of para-hydroxylation sites is 1. The van der Waals surface area contributed by atoms with Gasteiger partial charge in [-0.1, -0.05) is 18.6 Å². The highest BCUT2D eigenvalue weighted by molar-refractivity contribution is 7.99. The Kier molecular flexibility index (Phi) is 6.77. The number of H-pyrrole nitrogens is 1. The van der Waals surface area contributed by atoms with Gasteiger partial charge in [-0.2, -0.15) is 16.9 Å². The molecule has 3 heterocycles. The highest BCUT2D eigenvalue weighted by Gasteiger charge is 2.29. The zero-order valence-electron chi connectivity index (χ0n) is 17.1. The van der Waals surface area contributed by atoms with Gasteiger partial charge >= 0.3 is 0 Å². The molecule has 2 fully saturated rings. The molecule has 0 spiro atoms. The Labute approximate surface area is 177 Å². The first-order valence-electron chi connectivity index (χ1n) is 10.6. The van der Waals surface area contributed by atoms with Crippen molar-refractivity contribution in [3.8, 4) is 17.0 Å². The van der Waals surface area contributed by atoms with Crippen molar-refractivity contribution < 1.29 is 9.53 Å². The summed E-state index contributed by atoms with van der Waals surface area (Å²) in [6, 6.07) is 9.87. The number of nitrogens with one attached hydrogen (secondary N) is 1. The van der Waals surface area contributed by atoms with Crippen molar-refractivity contribution in [1.82, 2.24) is 20.0 Å². The minimum absolute atomic E-state index is 0.0585. The van der Waals surface area contributed by atoms with Crippen LogP contribution in [0.3, 0.4) is 0 Å². The summed E-state index contributed by atoms with van der Waals surface area (Å²) in [7, 11) is 1.65. The summed E-state index contributed by atoms with van der Waals surface area (Å²) in [5, 5.41) is 7.39. The van der Waals surface area contributed by atoms with Crippen molar-refractivity contribution in [3.05, 3.63) is 36.0 Å². The van der Waals surface area contributed by atoms with Crippen molar-refractivity contribution in [2.24, 2.45) is 0 Å². The highest BCUT2D eigenvalue weighted by Crippen LogP contribution is 2.29. The number of ether oxygens (including phenoxy) is 1. The molecule has 156 valence electrons. The van der Waals surface area contributed by atoms with Gasteiger partial charge in [-0.25, -0.2) is 0 Å².